The highest BCUT2D eigenvalue weighted by molar-refractivity contribution is 4.86. The first-order chi connectivity index (χ1) is 8.31. The molecule has 1 saturated carbocycles. The molecule has 0 aromatic heterocycles. The summed E-state index contributed by atoms with van der Waals surface area (Å²) in [6.07, 6.45) is 5.38. The van der Waals surface area contributed by atoms with Crippen LogP contribution in [0.2, 0.25) is 0 Å². The molecule has 2 heteroatoms. The van der Waals surface area contributed by atoms with Gasteiger partial charge in [-0.2, -0.15) is 0 Å². The molecule has 0 heterocycles. The topological polar surface area (TPSA) is 29.3 Å². The van der Waals surface area contributed by atoms with Crippen molar-refractivity contribution >= 4 is 0 Å². The molecule has 0 amide bonds. The molecule has 0 aromatic carbocycles. The lowest BCUT2D eigenvalue weighted by molar-refractivity contribution is 0.180. The average Bonchev–Trinajstić information content (AvgIpc) is 3.04. The van der Waals surface area contributed by atoms with Crippen LogP contribution in [-0.4, -0.2) is 30.6 Å². The summed E-state index contributed by atoms with van der Waals surface area (Å²) in [6, 6.07) is 0.873. The summed E-state index contributed by atoms with van der Waals surface area (Å²) < 4.78 is 0. The molecule has 1 aliphatic carbocycles. The minimum Gasteiger partial charge on any atom is -0.330 e. The van der Waals surface area contributed by atoms with Gasteiger partial charge in [0.15, 0.2) is 0 Å². The van der Waals surface area contributed by atoms with Crippen molar-refractivity contribution in [2.45, 2.75) is 66.3 Å². The van der Waals surface area contributed by atoms with Crippen molar-refractivity contribution in [3.05, 3.63) is 0 Å². The lowest BCUT2D eigenvalue weighted by Crippen LogP contribution is -2.37. The van der Waals surface area contributed by atoms with E-state index in [0.29, 0.717) is 11.3 Å². The highest BCUT2D eigenvalue weighted by atomic mass is 15.2. The minimum absolute atomic E-state index is 0.400. The maximum atomic E-state index is 5.98. The first-order valence-electron chi connectivity index (χ1n) is 7.76. The van der Waals surface area contributed by atoms with E-state index >= 15 is 0 Å². The van der Waals surface area contributed by atoms with Crippen molar-refractivity contribution < 1.29 is 0 Å². The summed E-state index contributed by atoms with van der Waals surface area (Å²) in [6.45, 7) is 14.9. The molecule has 0 aromatic rings. The maximum absolute atomic E-state index is 5.98. The van der Waals surface area contributed by atoms with Gasteiger partial charge in [-0.15, -0.1) is 0 Å². The van der Waals surface area contributed by atoms with Crippen molar-refractivity contribution in [3.63, 3.8) is 0 Å². The number of nitrogens with zero attached hydrogens (tertiary/aromatic N) is 1. The van der Waals surface area contributed by atoms with Gasteiger partial charge in [-0.1, -0.05) is 34.6 Å². The zero-order chi connectivity index (χ0) is 13.8. The monoisotopic (exact) mass is 254 g/mol. The quantitative estimate of drug-likeness (QED) is 0.718. The highest BCUT2D eigenvalue weighted by Gasteiger charge is 2.31. The molecule has 0 bridgehead atoms. The molecule has 108 valence electrons. The third-order valence-corrected chi connectivity index (χ3v) is 3.78. The summed E-state index contributed by atoms with van der Waals surface area (Å²) in [5.74, 6) is 1.47. The van der Waals surface area contributed by atoms with E-state index in [9.17, 15) is 0 Å². The fourth-order valence-electron chi connectivity index (χ4n) is 2.71. The van der Waals surface area contributed by atoms with E-state index in [2.05, 4.69) is 39.5 Å². The lowest BCUT2D eigenvalue weighted by atomic mass is 9.84. The third kappa shape index (κ3) is 6.75. The van der Waals surface area contributed by atoms with Gasteiger partial charge in [0.2, 0.25) is 0 Å². The molecule has 1 aliphatic rings. The summed E-state index contributed by atoms with van der Waals surface area (Å²) >= 11 is 0. The molecule has 1 unspecified atom stereocenters. The van der Waals surface area contributed by atoms with Gasteiger partial charge < -0.3 is 10.6 Å². The van der Waals surface area contributed by atoms with Crippen LogP contribution in [0.1, 0.15) is 60.3 Å². The standard InChI is InChI=1S/C16H34N2/c1-13(2)8-9-18(15-6-7-15)12-14(11-17)10-16(3,4)5/h13-15H,6-12,17H2,1-5H3. The van der Waals surface area contributed by atoms with Crippen LogP contribution >= 0.6 is 0 Å². The van der Waals surface area contributed by atoms with Crippen LogP contribution in [-0.2, 0) is 0 Å². The Bertz CT molecular complexity index is 226. The van der Waals surface area contributed by atoms with E-state index in [1.807, 2.05) is 0 Å². The zero-order valence-corrected chi connectivity index (χ0v) is 13.2. The SMILES string of the molecule is CC(C)CCN(CC(CN)CC(C)(C)C)C1CC1. The molecule has 2 nitrogen and oxygen atoms in total. The molecular formula is C16H34N2. The van der Waals surface area contributed by atoms with Gasteiger partial charge in [0.1, 0.15) is 0 Å². The van der Waals surface area contributed by atoms with Gasteiger partial charge >= 0.3 is 0 Å². The second kappa shape index (κ2) is 6.91. The second-order valence-corrected chi connectivity index (χ2v) is 7.78. The van der Waals surface area contributed by atoms with Crippen LogP contribution < -0.4 is 5.73 Å². The largest absolute Gasteiger partial charge is 0.330 e. The molecule has 0 aliphatic heterocycles. The maximum Gasteiger partial charge on any atom is 0.00965 e. The molecule has 1 atom stereocenters. The fraction of sp³-hybridized carbons (Fsp3) is 1.00. The minimum atomic E-state index is 0.400. The van der Waals surface area contributed by atoms with Crippen molar-refractivity contribution in [3.8, 4) is 0 Å². The Morgan fingerprint density at radius 3 is 2.22 bits per heavy atom. The first-order valence-corrected chi connectivity index (χ1v) is 7.76. The Labute approximate surface area is 114 Å². The van der Waals surface area contributed by atoms with E-state index in [1.54, 1.807) is 0 Å². The van der Waals surface area contributed by atoms with Crippen LogP contribution in [0.25, 0.3) is 0 Å². The number of nitrogens with two attached hydrogens (primary N) is 1. The van der Waals surface area contributed by atoms with E-state index in [0.717, 1.165) is 18.5 Å². The molecular weight excluding hydrogens is 220 g/mol. The van der Waals surface area contributed by atoms with Gasteiger partial charge in [-0.05, 0) is 56.0 Å². The Hall–Kier alpha value is -0.0800. The van der Waals surface area contributed by atoms with E-state index in [4.69, 9.17) is 5.73 Å². The smallest absolute Gasteiger partial charge is 0.00965 e. The number of rotatable bonds is 8. The van der Waals surface area contributed by atoms with Crippen LogP contribution in [0.5, 0.6) is 0 Å². The second-order valence-electron chi connectivity index (χ2n) is 7.78. The summed E-state index contributed by atoms with van der Waals surface area (Å²) in [5, 5.41) is 0. The molecule has 2 N–H and O–H groups in total. The Morgan fingerprint density at radius 2 is 1.83 bits per heavy atom. The predicted octanol–water partition coefficient (Wildman–Crippen LogP) is 3.51. The Morgan fingerprint density at radius 1 is 1.22 bits per heavy atom. The first kappa shape index (κ1) is 16.0. The molecule has 1 fully saturated rings. The molecule has 0 saturated heterocycles. The van der Waals surface area contributed by atoms with Crippen molar-refractivity contribution in [2.75, 3.05) is 19.6 Å². The van der Waals surface area contributed by atoms with Gasteiger partial charge in [-0.25, -0.2) is 0 Å². The van der Waals surface area contributed by atoms with E-state index in [-0.39, 0.29) is 0 Å². The fourth-order valence-corrected chi connectivity index (χ4v) is 2.71. The van der Waals surface area contributed by atoms with Crippen molar-refractivity contribution in [1.82, 2.24) is 4.90 Å². The summed E-state index contributed by atoms with van der Waals surface area (Å²) in [4.78, 5) is 2.71. The predicted molar refractivity (Wildman–Crippen MR) is 80.7 cm³/mol. The molecule has 18 heavy (non-hydrogen) atoms. The van der Waals surface area contributed by atoms with Crippen molar-refractivity contribution in [2.24, 2.45) is 23.0 Å². The molecule has 0 spiro atoms. The van der Waals surface area contributed by atoms with Gasteiger partial charge in [0, 0.05) is 12.6 Å². The summed E-state index contributed by atoms with van der Waals surface area (Å²) in [5.41, 5.74) is 6.38. The van der Waals surface area contributed by atoms with Gasteiger partial charge in [0.05, 0.1) is 0 Å². The zero-order valence-electron chi connectivity index (χ0n) is 13.2. The van der Waals surface area contributed by atoms with Crippen LogP contribution in [0.3, 0.4) is 0 Å². The number of hydrogen-bond acceptors (Lipinski definition) is 2. The number of hydrogen-bond donors (Lipinski definition) is 1. The Kier molecular flexibility index (Phi) is 6.13. The highest BCUT2D eigenvalue weighted by Crippen LogP contribution is 2.30. The van der Waals surface area contributed by atoms with E-state index in [1.165, 1.54) is 38.8 Å². The van der Waals surface area contributed by atoms with Crippen LogP contribution in [0, 0.1) is 17.3 Å². The van der Waals surface area contributed by atoms with E-state index < -0.39 is 0 Å². The third-order valence-electron chi connectivity index (χ3n) is 3.78. The van der Waals surface area contributed by atoms with Crippen molar-refractivity contribution in [1.29, 1.82) is 0 Å². The van der Waals surface area contributed by atoms with Gasteiger partial charge in [0.25, 0.3) is 0 Å². The lowest BCUT2D eigenvalue weighted by Gasteiger charge is -2.31. The Balaban J connectivity index is 2.42. The molecule has 0 radical (unpaired) electrons. The van der Waals surface area contributed by atoms with Crippen LogP contribution in [0.15, 0.2) is 0 Å². The molecule has 1 rings (SSSR count). The normalized spacial score (nSPS) is 18.7. The average molecular weight is 254 g/mol. The van der Waals surface area contributed by atoms with Crippen LogP contribution in [0.4, 0.5) is 0 Å². The summed E-state index contributed by atoms with van der Waals surface area (Å²) in [7, 11) is 0. The van der Waals surface area contributed by atoms with Gasteiger partial charge in [-0.3, -0.25) is 0 Å².